The minimum Gasteiger partial charge on any atom is -0.423 e. The summed E-state index contributed by atoms with van der Waals surface area (Å²) in [4.78, 5) is 0. The first-order valence-corrected chi connectivity index (χ1v) is 5.46. The number of rotatable bonds is 3. The van der Waals surface area contributed by atoms with Gasteiger partial charge in [0.2, 0.25) is 0 Å². The van der Waals surface area contributed by atoms with Crippen LogP contribution in [0.15, 0.2) is 24.3 Å². The van der Waals surface area contributed by atoms with Crippen LogP contribution in [0.5, 0.6) is 0 Å². The van der Waals surface area contributed by atoms with Gasteiger partial charge in [-0.1, -0.05) is 24.3 Å². The van der Waals surface area contributed by atoms with Crippen LogP contribution < -0.4 is 0 Å². The van der Waals surface area contributed by atoms with E-state index < -0.39 is 0 Å². The van der Waals surface area contributed by atoms with Gasteiger partial charge in [-0.2, -0.15) is 0 Å². The molecule has 0 aliphatic heterocycles. The van der Waals surface area contributed by atoms with Gasteiger partial charge >= 0.3 is 0 Å². The maximum absolute atomic E-state index is 5.54. The number of aryl methyl sites for hydroxylation is 1. The molecule has 0 fully saturated rings. The predicted molar refractivity (Wildman–Crippen MR) is 60.0 cm³/mol. The summed E-state index contributed by atoms with van der Waals surface area (Å²) in [5.41, 5.74) is 2.75. The van der Waals surface area contributed by atoms with E-state index in [-0.39, 0.29) is 5.60 Å². The Labute approximate surface area is 83.7 Å². The molecule has 13 heavy (non-hydrogen) atoms. The maximum Gasteiger partial charge on any atom is 0.146 e. The zero-order valence-corrected chi connectivity index (χ0v) is 10.9. The van der Waals surface area contributed by atoms with Gasteiger partial charge in [-0.25, -0.2) is 0 Å². The highest BCUT2D eigenvalue weighted by Gasteiger charge is 2.16. The standard InChI is InChI=1S/C11H18OSi/c1-9-6-4-5-7-10(9)8-11(2,3)12-13/h4-7H,8H2,1-3,13H3. The third-order valence-corrected chi connectivity index (χ3v) is 3.54. The van der Waals surface area contributed by atoms with Crippen molar-refractivity contribution in [1.29, 1.82) is 0 Å². The summed E-state index contributed by atoms with van der Waals surface area (Å²) >= 11 is 0. The normalized spacial score (nSPS) is 11.9. The smallest absolute Gasteiger partial charge is 0.146 e. The molecule has 72 valence electrons. The van der Waals surface area contributed by atoms with Crippen molar-refractivity contribution < 1.29 is 4.43 Å². The molecule has 1 aromatic rings. The highest BCUT2D eigenvalue weighted by molar-refractivity contribution is 5.98. The molecule has 0 aliphatic carbocycles. The molecule has 2 heteroatoms. The summed E-state index contributed by atoms with van der Waals surface area (Å²) in [6.07, 6.45) is 1.00. The lowest BCUT2D eigenvalue weighted by Gasteiger charge is -2.24. The van der Waals surface area contributed by atoms with Crippen molar-refractivity contribution in [3.8, 4) is 0 Å². The Balaban J connectivity index is 2.80. The molecule has 0 unspecified atom stereocenters. The van der Waals surface area contributed by atoms with Gasteiger partial charge in [0, 0.05) is 0 Å². The predicted octanol–water partition coefficient (Wildman–Crippen LogP) is 1.61. The highest BCUT2D eigenvalue weighted by Crippen LogP contribution is 2.18. The fraction of sp³-hybridized carbons (Fsp3) is 0.455. The van der Waals surface area contributed by atoms with Gasteiger partial charge < -0.3 is 4.43 Å². The molecule has 0 amide bonds. The van der Waals surface area contributed by atoms with E-state index in [1.165, 1.54) is 11.1 Å². The van der Waals surface area contributed by atoms with E-state index in [0.717, 1.165) is 16.9 Å². The highest BCUT2D eigenvalue weighted by atomic mass is 28.2. The topological polar surface area (TPSA) is 9.23 Å². The van der Waals surface area contributed by atoms with Crippen LogP contribution in [0.1, 0.15) is 25.0 Å². The van der Waals surface area contributed by atoms with Gasteiger partial charge in [0.25, 0.3) is 0 Å². The van der Waals surface area contributed by atoms with Gasteiger partial charge in [-0.3, -0.25) is 0 Å². The minimum absolute atomic E-state index is 0.00165. The number of hydrogen-bond acceptors (Lipinski definition) is 1. The lowest BCUT2D eigenvalue weighted by atomic mass is 9.96. The summed E-state index contributed by atoms with van der Waals surface area (Å²) in [6, 6.07) is 8.50. The molecule has 0 aliphatic rings. The van der Waals surface area contributed by atoms with Crippen LogP contribution in [-0.2, 0) is 10.8 Å². The Morgan fingerprint density at radius 3 is 2.46 bits per heavy atom. The van der Waals surface area contributed by atoms with E-state index in [9.17, 15) is 0 Å². The first-order valence-electron chi connectivity index (χ1n) is 4.65. The molecular formula is C11H18OSi. The summed E-state index contributed by atoms with van der Waals surface area (Å²) in [5.74, 6) is 0. The molecule has 0 spiro atoms. The monoisotopic (exact) mass is 194 g/mol. The van der Waals surface area contributed by atoms with Gasteiger partial charge in [-0.15, -0.1) is 0 Å². The van der Waals surface area contributed by atoms with Gasteiger partial charge in [0.05, 0.1) is 5.60 Å². The first kappa shape index (κ1) is 10.5. The van der Waals surface area contributed by atoms with Crippen molar-refractivity contribution in [2.24, 2.45) is 0 Å². The molecular weight excluding hydrogens is 176 g/mol. The van der Waals surface area contributed by atoms with E-state index in [1.54, 1.807) is 0 Å². The average Bonchev–Trinajstić information content (AvgIpc) is 2.09. The zero-order valence-electron chi connectivity index (χ0n) is 8.92. The SMILES string of the molecule is Cc1ccccc1CC(C)(C)O[SiH3]. The molecule has 0 radical (unpaired) electrons. The largest absolute Gasteiger partial charge is 0.423 e. The van der Waals surface area contributed by atoms with Crippen molar-refractivity contribution in [3.63, 3.8) is 0 Å². The second kappa shape index (κ2) is 4.07. The van der Waals surface area contributed by atoms with Gasteiger partial charge in [0.1, 0.15) is 10.5 Å². The van der Waals surface area contributed by atoms with Crippen molar-refractivity contribution in [3.05, 3.63) is 35.4 Å². The summed E-state index contributed by atoms with van der Waals surface area (Å²) in [5, 5.41) is 0. The number of hydrogen-bond donors (Lipinski definition) is 0. The fourth-order valence-corrected chi connectivity index (χ4v) is 1.48. The van der Waals surface area contributed by atoms with Crippen LogP contribution in [0, 0.1) is 6.92 Å². The summed E-state index contributed by atoms with van der Waals surface area (Å²) < 4.78 is 5.54. The van der Waals surface area contributed by atoms with Crippen LogP contribution >= 0.6 is 0 Å². The van der Waals surface area contributed by atoms with Crippen LogP contribution in [0.4, 0.5) is 0 Å². The lowest BCUT2D eigenvalue weighted by Crippen LogP contribution is -2.26. The molecule has 1 rings (SSSR count). The summed E-state index contributed by atoms with van der Waals surface area (Å²) in [7, 11) is 0.806. The number of benzene rings is 1. The van der Waals surface area contributed by atoms with Crippen LogP contribution in [0.3, 0.4) is 0 Å². The van der Waals surface area contributed by atoms with Crippen molar-refractivity contribution in [1.82, 2.24) is 0 Å². The minimum atomic E-state index is -0.00165. The second-order valence-corrected chi connectivity index (χ2v) is 4.48. The summed E-state index contributed by atoms with van der Waals surface area (Å²) in [6.45, 7) is 6.44. The molecule has 0 aromatic heterocycles. The van der Waals surface area contributed by atoms with E-state index in [1.807, 2.05) is 0 Å². The third kappa shape index (κ3) is 2.97. The van der Waals surface area contributed by atoms with Crippen molar-refractivity contribution in [2.75, 3.05) is 0 Å². The second-order valence-electron chi connectivity index (χ2n) is 4.07. The first-order chi connectivity index (χ1) is 6.05. The van der Waals surface area contributed by atoms with E-state index in [2.05, 4.69) is 45.0 Å². The van der Waals surface area contributed by atoms with E-state index in [0.29, 0.717) is 0 Å². The van der Waals surface area contributed by atoms with E-state index in [4.69, 9.17) is 4.43 Å². The van der Waals surface area contributed by atoms with Crippen LogP contribution in [0.2, 0.25) is 0 Å². The van der Waals surface area contributed by atoms with Crippen molar-refractivity contribution >= 4 is 10.5 Å². The molecule has 0 atom stereocenters. The quantitative estimate of drug-likeness (QED) is 0.664. The Hall–Kier alpha value is -0.603. The third-order valence-electron chi connectivity index (χ3n) is 2.43. The Morgan fingerprint density at radius 1 is 1.31 bits per heavy atom. The van der Waals surface area contributed by atoms with E-state index >= 15 is 0 Å². The fourth-order valence-electron chi connectivity index (χ4n) is 1.34. The molecule has 0 N–H and O–H groups in total. The molecule has 0 heterocycles. The maximum atomic E-state index is 5.54. The zero-order chi connectivity index (χ0) is 9.90. The average molecular weight is 194 g/mol. The molecule has 1 nitrogen and oxygen atoms in total. The Bertz CT molecular complexity index is 281. The Morgan fingerprint density at radius 2 is 1.92 bits per heavy atom. The van der Waals surface area contributed by atoms with Crippen LogP contribution in [0.25, 0.3) is 0 Å². The van der Waals surface area contributed by atoms with Gasteiger partial charge in [-0.05, 0) is 38.3 Å². The molecule has 1 aromatic carbocycles. The van der Waals surface area contributed by atoms with Crippen molar-refractivity contribution in [2.45, 2.75) is 32.8 Å². The molecule has 0 saturated carbocycles. The van der Waals surface area contributed by atoms with Gasteiger partial charge in [0.15, 0.2) is 0 Å². The Kier molecular flexibility index (Phi) is 3.28. The molecule has 0 bridgehead atoms. The van der Waals surface area contributed by atoms with Crippen LogP contribution in [-0.4, -0.2) is 16.1 Å². The molecule has 0 saturated heterocycles. The lowest BCUT2D eigenvalue weighted by molar-refractivity contribution is 0.124.